The van der Waals surface area contributed by atoms with Crippen molar-refractivity contribution in [3.05, 3.63) is 113 Å². The van der Waals surface area contributed by atoms with Gasteiger partial charge in [0, 0.05) is 30.3 Å². The molecule has 0 saturated heterocycles. The van der Waals surface area contributed by atoms with Gasteiger partial charge < -0.3 is 20.2 Å². The Kier molecular flexibility index (Phi) is 10.7. The van der Waals surface area contributed by atoms with E-state index >= 15 is 0 Å². The van der Waals surface area contributed by atoms with Gasteiger partial charge in [-0.15, -0.1) is 12.4 Å². The van der Waals surface area contributed by atoms with Crippen LogP contribution in [0, 0.1) is 18.6 Å². The van der Waals surface area contributed by atoms with E-state index in [-0.39, 0.29) is 25.4 Å². The fourth-order valence-electron chi connectivity index (χ4n) is 4.39. The monoisotopic (exact) mass is 555 g/mol. The van der Waals surface area contributed by atoms with Crippen LogP contribution in [-0.4, -0.2) is 34.7 Å². The zero-order chi connectivity index (χ0) is 27.1. The van der Waals surface area contributed by atoms with Gasteiger partial charge in [0.15, 0.2) is 0 Å². The van der Waals surface area contributed by atoms with Crippen LogP contribution in [0.2, 0.25) is 0 Å². The number of oxazole rings is 1. The quantitative estimate of drug-likeness (QED) is 0.230. The van der Waals surface area contributed by atoms with Gasteiger partial charge in [-0.05, 0) is 72.4 Å². The Bertz CT molecular complexity index is 1360. The summed E-state index contributed by atoms with van der Waals surface area (Å²) in [5.41, 5.74) is 4.43. The van der Waals surface area contributed by atoms with Crippen LogP contribution in [0.15, 0.2) is 77.5 Å². The largest absolute Gasteiger partial charge is 0.445 e. The van der Waals surface area contributed by atoms with Crippen molar-refractivity contribution in [1.29, 1.82) is 0 Å². The predicted molar refractivity (Wildman–Crippen MR) is 149 cm³/mol. The predicted octanol–water partition coefficient (Wildman–Crippen LogP) is 5.40. The molecule has 0 aliphatic heterocycles. The number of hydrogen-bond donors (Lipinski definition) is 3. The number of halogens is 3. The summed E-state index contributed by atoms with van der Waals surface area (Å²) in [7, 11) is 0. The van der Waals surface area contributed by atoms with Crippen LogP contribution < -0.4 is 10.6 Å². The lowest BCUT2D eigenvalue weighted by molar-refractivity contribution is 0.0830. The van der Waals surface area contributed by atoms with Crippen molar-refractivity contribution in [2.75, 3.05) is 6.54 Å². The number of aliphatic hydroxyl groups excluding tert-OH is 1. The molecule has 9 heteroatoms. The van der Waals surface area contributed by atoms with Crippen LogP contribution in [0.25, 0.3) is 11.5 Å². The number of amides is 1. The summed E-state index contributed by atoms with van der Waals surface area (Å²) >= 11 is 0. The Hall–Kier alpha value is -3.59. The molecule has 1 aromatic heterocycles. The van der Waals surface area contributed by atoms with Gasteiger partial charge in [0.05, 0.1) is 18.3 Å². The minimum Gasteiger partial charge on any atom is -0.445 e. The molecule has 0 spiro atoms. The molecule has 6 nitrogen and oxygen atoms in total. The summed E-state index contributed by atoms with van der Waals surface area (Å²) in [6.07, 6.45) is 2.90. The molecule has 4 rings (SSSR count). The summed E-state index contributed by atoms with van der Waals surface area (Å²) < 4.78 is 33.1. The molecule has 0 fully saturated rings. The van der Waals surface area contributed by atoms with E-state index in [0.29, 0.717) is 29.1 Å². The molecule has 0 bridgehead atoms. The number of aromatic nitrogens is 1. The summed E-state index contributed by atoms with van der Waals surface area (Å²) in [4.78, 5) is 17.4. The number of carbonyl (C=O) groups excluding carboxylic acids is 1. The molecule has 1 heterocycles. The second-order valence-corrected chi connectivity index (χ2v) is 9.36. The number of aliphatic hydroxyl groups is 1. The summed E-state index contributed by atoms with van der Waals surface area (Å²) in [6.45, 7) is 4.62. The van der Waals surface area contributed by atoms with Crippen molar-refractivity contribution >= 4 is 18.3 Å². The maximum Gasteiger partial charge on any atom is 0.251 e. The third-order valence-electron chi connectivity index (χ3n) is 6.26. The number of hydrogen-bond acceptors (Lipinski definition) is 5. The molecule has 3 N–H and O–H groups in total. The molecule has 206 valence electrons. The average molecular weight is 556 g/mol. The van der Waals surface area contributed by atoms with Crippen LogP contribution in [0.1, 0.15) is 39.5 Å². The standard InChI is InChI=1S/C30H31F2N3O3.ClH/c1-3-20-5-4-6-21(11-20)17-33-18-28(36)27(14-22-12-25(31)16-26(32)13-22)35-29(37)23-9-19(2)10-24(15-23)30-34-7-8-38-30;/h4-13,15-16,27-28,33,36H,3,14,17-18H2,1-2H3,(H,35,37);1H/t27-,28-;/m0./s1. The van der Waals surface area contributed by atoms with Gasteiger partial charge in [0.2, 0.25) is 5.89 Å². The highest BCUT2D eigenvalue weighted by Gasteiger charge is 2.23. The maximum atomic E-state index is 13.9. The minimum atomic E-state index is -1.03. The molecular formula is C30H32ClF2N3O3. The molecule has 0 radical (unpaired) electrons. The van der Waals surface area contributed by atoms with Gasteiger partial charge >= 0.3 is 0 Å². The highest BCUT2D eigenvalue weighted by atomic mass is 35.5. The normalized spacial score (nSPS) is 12.4. The van der Waals surface area contributed by atoms with Crippen LogP contribution in [-0.2, 0) is 19.4 Å². The zero-order valence-electron chi connectivity index (χ0n) is 21.8. The first-order chi connectivity index (χ1) is 18.3. The molecule has 0 aliphatic carbocycles. The summed E-state index contributed by atoms with van der Waals surface area (Å²) in [6, 6.07) is 15.7. The van der Waals surface area contributed by atoms with Crippen molar-refractivity contribution in [3.8, 4) is 11.5 Å². The number of rotatable bonds is 11. The van der Waals surface area contributed by atoms with Gasteiger partial charge in [-0.1, -0.05) is 31.2 Å². The maximum absolute atomic E-state index is 13.9. The second-order valence-electron chi connectivity index (χ2n) is 9.36. The molecule has 3 aromatic carbocycles. The van der Waals surface area contributed by atoms with Crippen molar-refractivity contribution < 1.29 is 23.1 Å². The Labute approximate surface area is 232 Å². The highest BCUT2D eigenvalue weighted by molar-refractivity contribution is 5.95. The lowest BCUT2D eigenvalue weighted by atomic mass is 9.99. The van der Waals surface area contributed by atoms with E-state index in [1.807, 2.05) is 25.1 Å². The topological polar surface area (TPSA) is 87.4 Å². The summed E-state index contributed by atoms with van der Waals surface area (Å²) in [5.74, 6) is -1.49. The lowest BCUT2D eigenvalue weighted by Crippen LogP contribution is -2.48. The van der Waals surface area contributed by atoms with Crippen molar-refractivity contribution in [1.82, 2.24) is 15.6 Å². The van der Waals surface area contributed by atoms with Crippen LogP contribution in [0.5, 0.6) is 0 Å². The molecule has 39 heavy (non-hydrogen) atoms. The van der Waals surface area contributed by atoms with Crippen molar-refractivity contribution in [2.24, 2.45) is 0 Å². The van der Waals surface area contributed by atoms with Gasteiger partial charge in [-0.25, -0.2) is 13.8 Å². The number of benzene rings is 3. The molecule has 0 unspecified atom stereocenters. The Balaban J connectivity index is 0.00000420. The fourth-order valence-corrected chi connectivity index (χ4v) is 4.39. The zero-order valence-corrected chi connectivity index (χ0v) is 22.6. The van der Waals surface area contributed by atoms with Crippen molar-refractivity contribution in [2.45, 2.75) is 45.4 Å². The minimum absolute atomic E-state index is 0. The Morgan fingerprint density at radius 3 is 2.46 bits per heavy atom. The highest BCUT2D eigenvalue weighted by Crippen LogP contribution is 2.21. The molecule has 2 atom stereocenters. The first-order valence-electron chi connectivity index (χ1n) is 12.5. The summed E-state index contributed by atoms with van der Waals surface area (Å²) in [5, 5.41) is 17.1. The first-order valence-corrected chi connectivity index (χ1v) is 12.5. The average Bonchev–Trinajstić information content (AvgIpc) is 3.43. The SMILES string of the molecule is CCc1cccc(CNC[C@H](O)[C@H](Cc2cc(F)cc(F)c2)NC(=O)c2cc(C)cc(-c3ncco3)c2)c1.Cl. The number of nitrogens with zero attached hydrogens (tertiary/aromatic N) is 1. The first kappa shape index (κ1) is 30.0. The van der Waals surface area contributed by atoms with E-state index in [1.165, 1.54) is 30.2 Å². The van der Waals surface area contributed by atoms with E-state index in [4.69, 9.17) is 4.42 Å². The van der Waals surface area contributed by atoms with E-state index in [0.717, 1.165) is 23.6 Å². The lowest BCUT2D eigenvalue weighted by Gasteiger charge is -2.25. The fraction of sp³-hybridized carbons (Fsp3) is 0.267. The molecule has 1 amide bonds. The third kappa shape index (κ3) is 8.45. The molecule has 4 aromatic rings. The molecule has 0 saturated carbocycles. The Morgan fingerprint density at radius 1 is 1.03 bits per heavy atom. The van der Waals surface area contributed by atoms with Crippen LogP contribution in [0.4, 0.5) is 8.78 Å². The van der Waals surface area contributed by atoms with E-state index in [9.17, 15) is 18.7 Å². The third-order valence-corrected chi connectivity index (χ3v) is 6.26. The van der Waals surface area contributed by atoms with E-state index in [1.54, 1.807) is 12.1 Å². The van der Waals surface area contributed by atoms with Crippen LogP contribution >= 0.6 is 12.4 Å². The molecule has 0 aliphatic rings. The van der Waals surface area contributed by atoms with Gasteiger partial charge in [0.1, 0.15) is 17.9 Å². The van der Waals surface area contributed by atoms with E-state index < -0.39 is 29.7 Å². The van der Waals surface area contributed by atoms with Gasteiger partial charge in [0.25, 0.3) is 5.91 Å². The number of aryl methyl sites for hydroxylation is 2. The smallest absolute Gasteiger partial charge is 0.251 e. The van der Waals surface area contributed by atoms with Gasteiger partial charge in [-0.2, -0.15) is 0 Å². The van der Waals surface area contributed by atoms with Gasteiger partial charge in [-0.3, -0.25) is 4.79 Å². The number of nitrogens with one attached hydrogen (secondary N) is 2. The Morgan fingerprint density at radius 2 is 1.77 bits per heavy atom. The molecular weight excluding hydrogens is 524 g/mol. The van der Waals surface area contributed by atoms with E-state index in [2.05, 4.69) is 34.7 Å². The second kappa shape index (κ2) is 14.0. The number of carbonyl (C=O) groups is 1. The van der Waals surface area contributed by atoms with Crippen molar-refractivity contribution in [3.63, 3.8) is 0 Å². The van der Waals surface area contributed by atoms with Crippen LogP contribution in [0.3, 0.4) is 0 Å².